The van der Waals surface area contributed by atoms with Gasteiger partial charge in [0.05, 0.1) is 6.54 Å². The summed E-state index contributed by atoms with van der Waals surface area (Å²) in [6.07, 6.45) is 5.50. The first-order valence-electron chi connectivity index (χ1n) is 7.79. The average Bonchev–Trinajstić information content (AvgIpc) is 2.36. The Labute approximate surface area is 118 Å². The van der Waals surface area contributed by atoms with Crippen molar-refractivity contribution >= 4 is 5.91 Å². The second-order valence-corrected chi connectivity index (χ2v) is 6.16. The van der Waals surface area contributed by atoms with E-state index in [0.29, 0.717) is 24.5 Å². The lowest BCUT2D eigenvalue weighted by Gasteiger charge is -2.35. The van der Waals surface area contributed by atoms with Gasteiger partial charge in [-0.3, -0.25) is 9.69 Å². The molecule has 0 unspecified atom stereocenters. The van der Waals surface area contributed by atoms with E-state index < -0.39 is 0 Å². The molecule has 0 aromatic rings. The van der Waals surface area contributed by atoms with E-state index in [2.05, 4.69) is 31.0 Å². The van der Waals surface area contributed by atoms with Gasteiger partial charge in [0.2, 0.25) is 5.91 Å². The van der Waals surface area contributed by atoms with Crippen molar-refractivity contribution in [2.24, 2.45) is 11.7 Å². The van der Waals surface area contributed by atoms with E-state index in [1.807, 2.05) is 0 Å². The van der Waals surface area contributed by atoms with Crippen LogP contribution in [0, 0.1) is 5.92 Å². The van der Waals surface area contributed by atoms with E-state index in [9.17, 15) is 4.79 Å². The number of nitrogens with two attached hydrogens (primary N) is 1. The normalized spacial score (nSPS) is 23.9. The topological polar surface area (TPSA) is 58.4 Å². The first kappa shape index (κ1) is 16.4. The van der Waals surface area contributed by atoms with E-state index >= 15 is 0 Å². The smallest absolute Gasteiger partial charge is 0.234 e. The maximum absolute atomic E-state index is 11.9. The molecule has 0 radical (unpaired) electrons. The second kappa shape index (κ2) is 8.54. The van der Waals surface area contributed by atoms with E-state index in [1.54, 1.807) is 0 Å². The summed E-state index contributed by atoms with van der Waals surface area (Å²) in [4.78, 5) is 14.2. The van der Waals surface area contributed by atoms with Crippen molar-refractivity contribution in [3.8, 4) is 0 Å². The highest BCUT2D eigenvalue weighted by molar-refractivity contribution is 5.78. The zero-order chi connectivity index (χ0) is 14.3. The molecule has 19 heavy (non-hydrogen) atoms. The number of rotatable bonds is 7. The van der Waals surface area contributed by atoms with Gasteiger partial charge < -0.3 is 11.1 Å². The molecule has 0 aromatic heterocycles. The Balaban J connectivity index is 2.29. The molecule has 0 saturated heterocycles. The highest BCUT2D eigenvalue weighted by Gasteiger charge is 2.24. The molecule has 1 aliphatic rings. The zero-order valence-electron chi connectivity index (χ0n) is 12.8. The van der Waals surface area contributed by atoms with E-state index in [0.717, 1.165) is 45.2 Å². The summed E-state index contributed by atoms with van der Waals surface area (Å²) >= 11 is 0. The number of hydrogen-bond acceptors (Lipinski definition) is 3. The Bertz CT molecular complexity index is 260. The molecule has 0 bridgehead atoms. The lowest BCUT2D eigenvalue weighted by atomic mass is 9.91. The van der Waals surface area contributed by atoms with Crippen LogP contribution in [0.2, 0.25) is 0 Å². The van der Waals surface area contributed by atoms with Gasteiger partial charge in [-0.2, -0.15) is 0 Å². The predicted molar refractivity (Wildman–Crippen MR) is 79.9 cm³/mol. The van der Waals surface area contributed by atoms with Crippen LogP contribution in [0.15, 0.2) is 0 Å². The van der Waals surface area contributed by atoms with Gasteiger partial charge in [0.25, 0.3) is 0 Å². The quantitative estimate of drug-likeness (QED) is 0.740. The summed E-state index contributed by atoms with van der Waals surface area (Å²) in [5.41, 5.74) is 5.94. The van der Waals surface area contributed by atoms with Crippen molar-refractivity contribution in [1.82, 2.24) is 10.2 Å². The third-order valence-electron chi connectivity index (χ3n) is 4.05. The molecule has 3 N–H and O–H groups in total. The number of likely N-dealkylation sites (N-methyl/N-ethyl adjacent to an activating group) is 1. The Morgan fingerprint density at radius 1 is 1.32 bits per heavy atom. The van der Waals surface area contributed by atoms with Crippen molar-refractivity contribution < 1.29 is 4.79 Å². The summed E-state index contributed by atoms with van der Waals surface area (Å²) in [6.45, 7) is 8.76. The molecule has 0 spiro atoms. The summed E-state index contributed by atoms with van der Waals surface area (Å²) in [6, 6.07) is 0.912. The maximum atomic E-state index is 11.9. The molecule has 1 amide bonds. The lowest BCUT2D eigenvalue weighted by molar-refractivity contribution is -0.123. The van der Waals surface area contributed by atoms with Crippen LogP contribution in [0.4, 0.5) is 0 Å². The molecule has 1 rings (SSSR count). The Morgan fingerprint density at radius 2 is 1.95 bits per heavy atom. The zero-order valence-corrected chi connectivity index (χ0v) is 12.8. The first-order chi connectivity index (χ1) is 9.02. The van der Waals surface area contributed by atoms with Crippen molar-refractivity contribution in [3.05, 3.63) is 0 Å². The minimum Gasteiger partial charge on any atom is -0.355 e. The SMILES string of the molecule is CCN(CC(=O)NCCC(C)C)C1CCC(N)CC1. The summed E-state index contributed by atoms with van der Waals surface area (Å²) in [5, 5.41) is 3.02. The monoisotopic (exact) mass is 269 g/mol. The van der Waals surface area contributed by atoms with Gasteiger partial charge in [-0.25, -0.2) is 0 Å². The average molecular weight is 269 g/mol. The van der Waals surface area contributed by atoms with E-state index in [4.69, 9.17) is 5.73 Å². The second-order valence-electron chi connectivity index (χ2n) is 6.16. The van der Waals surface area contributed by atoms with Gasteiger partial charge in [0, 0.05) is 18.6 Å². The fraction of sp³-hybridized carbons (Fsp3) is 0.933. The molecule has 0 aromatic carbocycles. The van der Waals surface area contributed by atoms with Gasteiger partial charge in [-0.15, -0.1) is 0 Å². The van der Waals surface area contributed by atoms with Crippen molar-refractivity contribution in [2.75, 3.05) is 19.6 Å². The van der Waals surface area contributed by atoms with Gasteiger partial charge in [-0.05, 0) is 44.6 Å². The Kier molecular flexibility index (Phi) is 7.39. The standard InChI is InChI=1S/C15H31N3O/c1-4-18(14-7-5-13(16)6-8-14)11-15(19)17-10-9-12(2)3/h12-14H,4-11,16H2,1-3H3,(H,17,19). The van der Waals surface area contributed by atoms with Gasteiger partial charge in [0.1, 0.15) is 0 Å². The lowest BCUT2D eigenvalue weighted by Crippen LogP contribution is -2.45. The van der Waals surface area contributed by atoms with Crippen LogP contribution in [-0.2, 0) is 4.79 Å². The predicted octanol–water partition coefficient (Wildman–Crippen LogP) is 1.74. The molecule has 1 fully saturated rings. The fourth-order valence-corrected chi connectivity index (χ4v) is 2.71. The summed E-state index contributed by atoms with van der Waals surface area (Å²) in [7, 11) is 0. The molecule has 1 saturated carbocycles. The Morgan fingerprint density at radius 3 is 2.47 bits per heavy atom. The van der Waals surface area contributed by atoms with Crippen LogP contribution < -0.4 is 11.1 Å². The van der Waals surface area contributed by atoms with Crippen molar-refractivity contribution in [3.63, 3.8) is 0 Å². The third kappa shape index (κ3) is 6.39. The van der Waals surface area contributed by atoms with Gasteiger partial charge >= 0.3 is 0 Å². The fourth-order valence-electron chi connectivity index (χ4n) is 2.71. The van der Waals surface area contributed by atoms with Crippen molar-refractivity contribution in [1.29, 1.82) is 0 Å². The number of amides is 1. The molecule has 1 aliphatic carbocycles. The number of nitrogens with zero attached hydrogens (tertiary/aromatic N) is 1. The molecule has 112 valence electrons. The van der Waals surface area contributed by atoms with Gasteiger partial charge in [0.15, 0.2) is 0 Å². The molecule has 4 heteroatoms. The van der Waals surface area contributed by atoms with Crippen LogP contribution in [-0.4, -0.2) is 42.5 Å². The number of carbonyl (C=O) groups is 1. The van der Waals surface area contributed by atoms with Crippen LogP contribution in [0.1, 0.15) is 52.9 Å². The van der Waals surface area contributed by atoms with Crippen LogP contribution in [0.25, 0.3) is 0 Å². The highest BCUT2D eigenvalue weighted by atomic mass is 16.2. The molecule has 0 aliphatic heterocycles. The number of hydrogen-bond donors (Lipinski definition) is 2. The molecular weight excluding hydrogens is 238 g/mol. The minimum atomic E-state index is 0.164. The number of nitrogens with one attached hydrogen (secondary N) is 1. The number of carbonyl (C=O) groups excluding carboxylic acids is 1. The van der Waals surface area contributed by atoms with Gasteiger partial charge in [-0.1, -0.05) is 20.8 Å². The summed E-state index contributed by atoms with van der Waals surface area (Å²) < 4.78 is 0. The third-order valence-corrected chi connectivity index (χ3v) is 4.05. The van der Waals surface area contributed by atoms with Crippen LogP contribution in [0.5, 0.6) is 0 Å². The van der Waals surface area contributed by atoms with E-state index in [-0.39, 0.29) is 5.91 Å². The van der Waals surface area contributed by atoms with E-state index in [1.165, 1.54) is 0 Å². The maximum Gasteiger partial charge on any atom is 0.234 e. The van der Waals surface area contributed by atoms with Crippen LogP contribution in [0.3, 0.4) is 0 Å². The van der Waals surface area contributed by atoms with Crippen molar-refractivity contribution in [2.45, 2.75) is 65.0 Å². The first-order valence-corrected chi connectivity index (χ1v) is 7.79. The summed E-state index contributed by atoms with van der Waals surface area (Å²) in [5.74, 6) is 0.805. The molecule has 0 atom stereocenters. The molecular formula is C15H31N3O. The largest absolute Gasteiger partial charge is 0.355 e. The minimum absolute atomic E-state index is 0.164. The van der Waals surface area contributed by atoms with Crippen LogP contribution >= 0.6 is 0 Å². The Hall–Kier alpha value is -0.610. The molecule has 0 heterocycles. The highest BCUT2D eigenvalue weighted by Crippen LogP contribution is 2.21. The molecule has 4 nitrogen and oxygen atoms in total.